The maximum atomic E-state index is 2.79. The molecule has 35 heavy (non-hydrogen) atoms. The maximum Gasteiger partial charge on any atom is -0.147 e. The Morgan fingerprint density at radius 2 is 0.943 bits per heavy atom. The van der Waals surface area contributed by atoms with E-state index in [1.807, 2.05) is 0 Å². The molecule has 0 aromatic heterocycles. The predicted molar refractivity (Wildman–Crippen MR) is 161 cm³/mol. The van der Waals surface area contributed by atoms with Gasteiger partial charge in [-0.3, -0.25) is 0 Å². The van der Waals surface area contributed by atoms with Crippen LogP contribution in [0.2, 0.25) is 24.3 Å². The Morgan fingerprint density at radius 3 is 1.34 bits per heavy atom. The maximum absolute atomic E-state index is 3.66. The Kier molecular flexibility index (Phi) is 6.87. The normalized spacial score (nSPS) is 13.6. The molecule has 5 heteroatoms. The Balaban J connectivity index is 0.00000144. The molecule has 0 N–H and O–H groups in total. The predicted octanol–water partition coefficient (Wildman–Crippen LogP) is 6.74. The van der Waals surface area contributed by atoms with Gasteiger partial charge in [0.15, 0.2) is 0 Å². The first-order chi connectivity index (χ1) is 15.7. The Morgan fingerprint density at radius 1 is 0.571 bits per heavy atom. The molecule has 0 atom stereocenters. The van der Waals surface area contributed by atoms with Crippen LogP contribution in [0, 0.1) is 0 Å². The second kappa shape index (κ2) is 8.96. The van der Waals surface area contributed by atoms with E-state index in [-0.39, 0.29) is 24.8 Å². The molecule has 0 radical (unpaired) electrons. The number of benzene rings is 4. The van der Waals surface area contributed by atoms with Gasteiger partial charge in [-0.2, -0.15) is 0 Å². The number of hydrogen-bond donors (Lipinski definition) is 0. The van der Waals surface area contributed by atoms with Crippen LogP contribution in [0.15, 0.2) is 84.9 Å². The van der Waals surface area contributed by atoms with Gasteiger partial charge in [-0.25, -0.2) is 0 Å². The van der Waals surface area contributed by atoms with Gasteiger partial charge < -0.3 is 0 Å². The SMILES string of the molecule is C[Si](C)(C)[Zr]([CH3])(=[SiH2])([c]1cccc2c1Cc1ccccc1-2)[c]1cccc2c1Cc1ccccc1-2.Cl.Cl. The fraction of sp³-hybridized carbons (Fsp3) is 0.200. The zero-order chi connectivity index (χ0) is 23.0. The van der Waals surface area contributed by atoms with Crippen molar-refractivity contribution in [2.24, 2.45) is 0 Å². The molecule has 0 spiro atoms. The monoisotopic (exact) mass is 610 g/mol. The molecule has 0 heterocycles. The van der Waals surface area contributed by atoms with Gasteiger partial charge in [-0.1, -0.05) is 0 Å². The summed E-state index contributed by atoms with van der Waals surface area (Å²) >= 11 is -3.66. The topological polar surface area (TPSA) is 0 Å². The molecule has 0 saturated heterocycles. The van der Waals surface area contributed by atoms with Crippen LogP contribution in [0.1, 0.15) is 22.3 Å². The van der Waals surface area contributed by atoms with Gasteiger partial charge in [-0.15, -0.1) is 24.8 Å². The van der Waals surface area contributed by atoms with E-state index in [1.165, 1.54) is 33.4 Å². The van der Waals surface area contributed by atoms with Crippen molar-refractivity contribution in [3.8, 4) is 22.3 Å². The van der Waals surface area contributed by atoms with Crippen molar-refractivity contribution in [3.05, 3.63) is 107 Å². The zero-order valence-electron chi connectivity index (χ0n) is 21.0. The van der Waals surface area contributed by atoms with E-state index in [0.717, 1.165) is 12.8 Å². The summed E-state index contributed by atoms with van der Waals surface area (Å²) in [6, 6.07) is 32.7. The van der Waals surface area contributed by atoms with Crippen molar-refractivity contribution in [3.63, 3.8) is 0 Å². The van der Waals surface area contributed by atoms with Gasteiger partial charge in [0.1, 0.15) is 0 Å². The van der Waals surface area contributed by atoms with Gasteiger partial charge in [0, 0.05) is 0 Å². The number of halogens is 2. The molecule has 0 fully saturated rings. The molecule has 2 aliphatic carbocycles. The molecule has 0 saturated carbocycles. The summed E-state index contributed by atoms with van der Waals surface area (Å²) in [6.45, 7) is 10.5. The van der Waals surface area contributed by atoms with Gasteiger partial charge >= 0.3 is 202 Å². The van der Waals surface area contributed by atoms with E-state index in [0.29, 0.717) is 0 Å². The summed E-state index contributed by atoms with van der Waals surface area (Å²) in [5, 5.41) is -1.59. The first-order valence-electron chi connectivity index (χ1n) is 12.2. The van der Waals surface area contributed by atoms with Crippen molar-refractivity contribution in [1.29, 1.82) is 0 Å². The third-order valence-corrected chi connectivity index (χ3v) is 79.2. The van der Waals surface area contributed by atoms with Crippen LogP contribution >= 0.6 is 24.8 Å². The van der Waals surface area contributed by atoms with Gasteiger partial charge in [0.05, 0.1) is 0 Å². The molecule has 4 aromatic carbocycles. The van der Waals surface area contributed by atoms with Crippen LogP contribution in [0.4, 0.5) is 0 Å². The standard InChI is InChI=1S/2C13H9.C3H9Si.CH3.2ClH.H2Si.Zr/c2*1-3-7-12-10(5-1)9-11-6-2-4-8-13(11)12;1-4(2)3;;;;;/h2*1-5,7-8H,9H2;1-3H3;1H3;2*1H;1H2;. The largest absolute Gasteiger partial charge is 0.147 e. The van der Waals surface area contributed by atoms with Crippen LogP contribution in [0.25, 0.3) is 22.3 Å². The molecule has 180 valence electrons. The minimum absolute atomic E-state index is 0. The molecular formula is C30H34Cl2Si2Zr. The first kappa shape index (κ1) is 26.8. The average molecular weight is 613 g/mol. The van der Waals surface area contributed by atoms with E-state index >= 15 is 0 Å². The summed E-state index contributed by atoms with van der Waals surface area (Å²) in [6.07, 6.45) is 2.19. The Hall–Kier alpha value is -1.22. The van der Waals surface area contributed by atoms with Gasteiger partial charge in [0.25, 0.3) is 0 Å². The van der Waals surface area contributed by atoms with Crippen molar-refractivity contribution in [2.45, 2.75) is 37.1 Å². The smallest absolute Gasteiger partial charge is 0.147 e. The van der Waals surface area contributed by atoms with Crippen LogP contribution < -0.4 is 6.54 Å². The molecule has 0 unspecified atom stereocenters. The van der Waals surface area contributed by atoms with Crippen molar-refractivity contribution in [1.82, 2.24) is 0 Å². The molecule has 0 bridgehead atoms. The van der Waals surface area contributed by atoms with Crippen molar-refractivity contribution >= 4 is 43.4 Å². The third-order valence-electron chi connectivity index (χ3n) is 9.19. The molecule has 2 aliphatic rings. The fourth-order valence-electron chi connectivity index (χ4n) is 6.54. The summed E-state index contributed by atoms with van der Waals surface area (Å²) in [5.41, 5.74) is 12.2. The minimum atomic E-state index is -3.66. The van der Waals surface area contributed by atoms with E-state index in [1.54, 1.807) is 17.7 Å². The van der Waals surface area contributed by atoms with Crippen LogP contribution in [0.5, 0.6) is 0 Å². The van der Waals surface area contributed by atoms with Gasteiger partial charge in [0.2, 0.25) is 0 Å². The van der Waals surface area contributed by atoms with E-state index in [4.69, 9.17) is 0 Å². The van der Waals surface area contributed by atoms with Crippen molar-refractivity contribution in [2.75, 3.05) is 0 Å². The van der Waals surface area contributed by atoms with Crippen LogP contribution in [-0.2, 0) is 29.4 Å². The zero-order valence-corrected chi connectivity index (χ0v) is 27.5. The van der Waals surface area contributed by atoms with E-state index in [2.05, 4.69) is 116 Å². The first-order valence-corrected chi connectivity index (χ1v) is 30.2. The molecule has 0 nitrogen and oxygen atoms in total. The number of fused-ring (bicyclic) bond motifs is 6. The quantitative estimate of drug-likeness (QED) is 0.194. The second-order valence-electron chi connectivity index (χ2n) is 11.6. The Bertz CT molecular complexity index is 1430. The third kappa shape index (κ3) is 3.61. The second-order valence-corrected chi connectivity index (χ2v) is 62.3. The molecular weight excluding hydrogens is 579 g/mol. The average Bonchev–Trinajstić information content (AvgIpc) is 3.36. The summed E-state index contributed by atoms with van der Waals surface area (Å²) in [7, 11) is 0. The summed E-state index contributed by atoms with van der Waals surface area (Å²) < 4.78 is 6.31. The van der Waals surface area contributed by atoms with Crippen LogP contribution in [0.3, 0.4) is 0 Å². The Labute approximate surface area is 224 Å². The van der Waals surface area contributed by atoms with Crippen molar-refractivity contribution < 1.29 is 16.6 Å². The summed E-state index contributed by atoms with van der Waals surface area (Å²) in [5.74, 6) is 0. The van der Waals surface area contributed by atoms with Crippen LogP contribution in [-0.4, -0.2) is 12.1 Å². The fourth-order valence-corrected chi connectivity index (χ4v) is 35.3. The van der Waals surface area contributed by atoms with E-state index in [9.17, 15) is 0 Å². The molecule has 4 aromatic rings. The summed E-state index contributed by atoms with van der Waals surface area (Å²) in [4.78, 5) is 0. The minimum Gasteiger partial charge on any atom is -0.147 e. The van der Waals surface area contributed by atoms with Gasteiger partial charge in [-0.05, 0) is 0 Å². The molecule has 6 rings (SSSR count). The number of hydrogen-bond acceptors (Lipinski definition) is 0. The molecule has 0 aliphatic heterocycles. The van der Waals surface area contributed by atoms with E-state index < -0.39 is 21.8 Å². The molecule has 0 amide bonds. The number of rotatable bonds is 3.